The third kappa shape index (κ3) is 4.64. The minimum absolute atomic E-state index is 0.0826. The molecule has 1 amide bonds. The average Bonchev–Trinajstić information content (AvgIpc) is 3.64. The summed E-state index contributed by atoms with van der Waals surface area (Å²) < 4.78 is 25.1. The van der Waals surface area contributed by atoms with Gasteiger partial charge in [0.2, 0.25) is 5.91 Å². The van der Waals surface area contributed by atoms with Crippen LogP contribution in [0.1, 0.15) is 74.1 Å². The number of nitrogens with one attached hydrogen (secondary N) is 1. The number of cyclic esters (lactones) is 1. The molecule has 2 aliphatic heterocycles. The highest BCUT2D eigenvalue weighted by atomic mass is 19.1. The monoisotopic (exact) mass is 547 g/mol. The summed E-state index contributed by atoms with van der Waals surface area (Å²) in [4.78, 5) is 35.8. The van der Waals surface area contributed by atoms with Crippen LogP contribution in [0.4, 0.5) is 16.0 Å². The Balaban J connectivity index is 1.26. The van der Waals surface area contributed by atoms with E-state index in [2.05, 4.69) is 10.3 Å². The Hall–Kier alpha value is -3.79. The number of nitrogens with two attached hydrogens (primary N) is 1. The van der Waals surface area contributed by atoms with Crippen molar-refractivity contribution < 1.29 is 23.5 Å². The van der Waals surface area contributed by atoms with E-state index in [1.807, 2.05) is 45.9 Å². The molecule has 2 aromatic heterocycles. The third-order valence-corrected chi connectivity index (χ3v) is 8.43. The van der Waals surface area contributed by atoms with Crippen molar-refractivity contribution in [2.24, 2.45) is 11.7 Å². The Morgan fingerprint density at radius 2 is 2.00 bits per heavy atom. The van der Waals surface area contributed by atoms with Gasteiger partial charge in [0.05, 0.1) is 30.3 Å². The van der Waals surface area contributed by atoms with Crippen molar-refractivity contribution in [3.05, 3.63) is 53.3 Å². The number of aromatic nitrogens is 2. The van der Waals surface area contributed by atoms with Crippen molar-refractivity contribution in [1.29, 1.82) is 0 Å². The Morgan fingerprint density at radius 1 is 1.25 bits per heavy atom. The fraction of sp³-hybridized carbons (Fsp3) is 0.467. The number of carbonyl (C=O) groups is 2. The highest BCUT2D eigenvalue weighted by Gasteiger charge is 2.48. The van der Waals surface area contributed by atoms with E-state index in [1.54, 1.807) is 23.2 Å². The first-order valence-electron chi connectivity index (χ1n) is 13.8. The van der Waals surface area contributed by atoms with E-state index in [-0.39, 0.29) is 29.9 Å². The number of hydrogen-bond acceptors (Lipinski definition) is 8. The lowest BCUT2D eigenvalue weighted by atomic mass is 9.84. The van der Waals surface area contributed by atoms with Gasteiger partial charge in [0.15, 0.2) is 0 Å². The standard InChI is InChI=1S/C30H34FN5O4/c1-5-23(32)17-6-8-24(39-16-13-36(14-16)28(37)20-10-22(20)31)21-12-33-26(11-19(17)21)34-25-9-7-18-27(35-25)15(2)30(3,4)40-29(18)38/h6-9,11-12,15-16,20,22-23H,5,10,13-14,32H2,1-4H3,(H,33,34,35)/t15-,20-,22+,23+/m1/s1. The number of hydrogen-bond donors (Lipinski definition) is 2. The van der Waals surface area contributed by atoms with E-state index < -0.39 is 17.7 Å². The molecule has 4 heterocycles. The van der Waals surface area contributed by atoms with Crippen LogP contribution < -0.4 is 15.8 Å². The van der Waals surface area contributed by atoms with Crippen molar-refractivity contribution >= 4 is 34.3 Å². The quantitative estimate of drug-likeness (QED) is 0.406. The van der Waals surface area contributed by atoms with Gasteiger partial charge in [-0.15, -0.1) is 0 Å². The van der Waals surface area contributed by atoms with Gasteiger partial charge >= 0.3 is 5.97 Å². The zero-order valence-corrected chi connectivity index (χ0v) is 23.1. The van der Waals surface area contributed by atoms with Crippen molar-refractivity contribution in [3.63, 3.8) is 0 Å². The number of pyridine rings is 2. The number of rotatable bonds is 7. The molecule has 0 radical (unpaired) electrons. The topological polar surface area (TPSA) is 120 Å². The number of carbonyl (C=O) groups excluding carboxylic acids is 2. The number of benzene rings is 1. The SMILES string of the molecule is CC[C@H](N)c1ccc(OC2CN(C(=O)[C@@H]3C[C@@H]3F)C2)c2cnc(Nc3ccc4c(n3)[C@@H](C)C(C)(C)OC4=O)cc12. The van der Waals surface area contributed by atoms with E-state index in [9.17, 15) is 14.0 Å². The molecule has 6 rings (SSSR count). The van der Waals surface area contributed by atoms with Crippen molar-refractivity contribution in [1.82, 2.24) is 14.9 Å². The lowest BCUT2D eigenvalue weighted by Crippen LogP contribution is -2.56. The molecule has 1 aliphatic carbocycles. The molecule has 3 N–H and O–H groups in total. The molecule has 1 saturated heterocycles. The van der Waals surface area contributed by atoms with E-state index in [1.165, 1.54) is 0 Å². The molecule has 0 unspecified atom stereocenters. The highest BCUT2D eigenvalue weighted by molar-refractivity contribution is 5.94. The molecule has 4 atom stereocenters. The minimum Gasteiger partial charge on any atom is -0.486 e. The highest BCUT2D eigenvalue weighted by Crippen LogP contribution is 2.40. The lowest BCUT2D eigenvalue weighted by molar-refractivity contribution is -0.141. The number of fused-ring (bicyclic) bond motifs is 2. The Kier molecular flexibility index (Phi) is 6.40. The van der Waals surface area contributed by atoms with Gasteiger partial charge in [-0.25, -0.2) is 19.2 Å². The Labute approximate surface area is 232 Å². The van der Waals surface area contributed by atoms with Gasteiger partial charge in [0.25, 0.3) is 0 Å². The van der Waals surface area contributed by atoms with Crippen LogP contribution in [0.5, 0.6) is 5.75 Å². The van der Waals surface area contributed by atoms with Crippen molar-refractivity contribution in [2.45, 2.75) is 70.4 Å². The number of likely N-dealkylation sites (tertiary alicyclic amines) is 1. The first-order valence-corrected chi connectivity index (χ1v) is 13.8. The number of alkyl halides is 1. The number of ether oxygens (including phenoxy) is 2. The van der Waals surface area contributed by atoms with Gasteiger partial charge in [0, 0.05) is 23.5 Å². The minimum atomic E-state index is -0.996. The predicted octanol–water partition coefficient (Wildman–Crippen LogP) is 4.78. The second kappa shape index (κ2) is 9.69. The molecular weight excluding hydrogens is 513 g/mol. The average molecular weight is 548 g/mol. The molecule has 0 bridgehead atoms. The van der Waals surface area contributed by atoms with Gasteiger partial charge in [-0.05, 0) is 61.9 Å². The summed E-state index contributed by atoms with van der Waals surface area (Å²) >= 11 is 0. The van der Waals surface area contributed by atoms with Crippen molar-refractivity contribution in [3.8, 4) is 5.75 Å². The van der Waals surface area contributed by atoms with Gasteiger partial charge in [-0.3, -0.25) is 4.79 Å². The lowest BCUT2D eigenvalue weighted by Gasteiger charge is -2.39. The molecule has 1 aromatic carbocycles. The van der Waals surface area contributed by atoms with E-state index >= 15 is 0 Å². The fourth-order valence-electron chi connectivity index (χ4n) is 5.37. The first kappa shape index (κ1) is 26.4. The molecule has 0 spiro atoms. The predicted molar refractivity (Wildman–Crippen MR) is 148 cm³/mol. The maximum atomic E-state index is 13.3. The van der Waals surface area contributed by atoms with Crippen LogP contribution in [0.15, 0.2) is 36.5 Å². The van der Waals surface area contributed by atoms with Crippen LogP contribution in [-0.2, 0) is 9.53 Å². The fourth-order valence-corrected chi connectivity index (χ4v) is 5.37. The molecule has 2 fully saturated rings. The molecule has 210 valence electrons. The summed E-state index contributed by atoms with van der Waals surface area (Å²) in [6, 6.07) is 9.10. The second-order valence-corrected chi connectivity index (χ2v) is 11.6. The molecule has 3 aromatic rings. The van der Waals surface area contributed by atoms with Crippen LogP contribution in [0, 0.1) is 5.92 Å². The van der Waals surface area contributed by atoms with E-state index in [0.717, 1.165) is 22.8 Å². The summed E-state index contributed by atoms with van der Waals surface area (Å²) in [5, 5.41) is 5.01. The molecule has 10 heteroatoms. The van der Waals surface area contributed by atoms with Crippen LogP contribution in [-0.4, -0.2) is 57.7 Å². The largest absolute Gasteiger partial charge is 0.486 e. The number of anilines is 2. The zero-order valence-electron chi connectivity index (χ0n) is 23.1. The molecule has 9 nitrogen and oxygen atoms in total. The number of amides is 1. The Morgan fingerprint density at radius 3 is 2.70 bits per heavy atom. The van der Waals surface area contributed by atoms with Gasteiger partial charge < -0.3 is 25.4 Å². The number of halogens is 1. The first-order chi connectivity index (χ1) is 19.1. The van der Waals surface area contributed by atoms with Crippen molar-refractivity contribution in [2.75, 3.05) is 18.4 Å². The summed E-state index contributed by atoms with van der Waals surface area (Å²) in [7, 11) is 0. The van der Waals surface area contributed by atoms with E-state index in [4.69, 9.17) is 20.2 Å². The van der Waals surface area contributed by atoms with Crippen LogP contribution in [0.25, 0.3) is 10.8 Å². The summed E-state index contributed by atoms with van der Waals surface area (Å²) in [5.74, 6) is 0.768. The zero-order chi connectivity index (χ0) is 28.3. The molecule has 1 saturated carbocycles. The van der Waals surface area contributed by atoms with Crippen LogP contribution in [0.2, 0.25) is 0 Å². The van der Waals surface area contributed by atoms with E-state index in [0.29, 0.717) is 48.2 Å². The molecule has 40 heavy (non-hydrogen) atoms. The number of esters is 1. The van der Waals surface area contributed by atoms with Gasteiger partial charge in [0.1, 0.15) is 35.3 Å². The summed E-state index contributed by atoms with van der Waals surface area (Å²) in [6.45, 7) is 8.69. The number of nitrogens with zero attached hydrogens (tertiary/aromatic N) is 3. The Bertz CT molecular complexity index is 1500. The second-order valence-electron chi connectivity index (χ2n) is 11.6. The van der Waals surface area contributed by atoms with Crippen LogP contribution >= 0.6 is 0 Å². The summed E-state index contributed by atoms with van der Waals surface area (Å²) in [6.07, 6.45) is 1.68. The smallest absolute Gasteiger partial charge is 0.340 e. The third-order valence-electron chi connectivity index (χ3n) is 8.43. The normalized spacial score (nSPS) is 24.1. The van der Waals surface area contributed by atoms with Crippen LogP contribution in [0.3, 0.4) is 0 Å². The molecule has 3 aliphatic rings. The van der Waals surface area contributed by atoms with Gasteiger partial charge in [-0.1, -0.05) is 19.9 Å². The maximum Gasteiger partial charge on any atom is 0.340 e. The molecular formula is C30H34FN5O4. The van der Waals surface area contributed by atoms with Gasteiger partial charge in [-0.2, -0.15) is 0 Å². The maximum absolute atomic E-state index is 13.3. The summed E-state index contributed by atoms with van der Waals surface area (Å²) in [5.41, 5.74) is 7.94.